The van der Waals surface area contributed by atoms with Gasteiger partial charge in [0.1, 0.15) is 15.6 Å². The first-order valence-corrected chi connectivity index (χ1v) is 12.3. The Balaban J connectivity index is 0.00000432. The average molecular weight is 502 g/mol. The van der Waals surface area contributed by atoms with Crippen LogP contribution >= 0.6 is 0 Å². The monoisotopic (exact) mass is 501 g/mol. The number of amides is 1. The SMILES string of the molecule is C.C=CC(=O)Nc1cccc(Nc2nc(Nc3cccc(OCCCS(C)(=O)=O)c3)ncc2F)c1. The van der Waals surface area contributed by atoms with Gasteiger partial charge in [0.2, 0.25) is 11.9 Å². The van der Waals surface area contributed by atoms with Gasteiger partial charge in [-0.3, -0.25) is 4.79 Å². The zero-order chi connectivity index (χ0) is 24.6. The van der Waals surface area contributed by atoms with E-state index in [1.54, 1.807) is 48.5 Å². The van der Waals surface area contributed by atoms with Crippen LogP contribution in [0.2, 0.25) is 0 Å². The lowest BCUT2D eigenvalue weighted by Gasteiger charge is -2.12. The third-order valence-corrected chi connectivity index (χ3v) is 5.37. The Kier molecular flexibility index (Phi) is 9.71. The van der Waals surface area contributed by atoms with Crippen molar-refractivity contribution in [2.45, 2.75) is 13.8 Å². The van der Waals surface area contributed by atoms with Gasteiger partial charge < -0.3 is 20.7 Å². The van der Waals surface area contributed by atoms with E-state index >= 15 is 0 Å². The lowest BCUT2D eigenvalue weighted by atomic mass is 10.2. The lowest BCUT2D eigenvalue weighted by Crippen LogP contribution is -2.08. The van der Waals surface area contributed by atoms with Crippen molar-refractivity contribution in [1.29, 1.82) is 0 Å². The first-order chi connectivity index (χ1) is 16.2. The summed E-state index contributed by atoms with van der Waals surface area (Å²) in [6.45, 7) is 3.66. The molecule has 0 aliphatic carbocycles. The molecule has 3 aromatic rings. The first-order valence-electron chi connectivity index (χ1n) is 10.2. The highest BCUT2D eigenvalue weighted by Gasteiger charge is 2.09. The maximum absolute atomic E-state index is 14.3. The lowest BCUT2D eigenvalue weighted by molar-refractivity contribution is -0.111. The highest BCUT2D eigenvalue weighted by Crippen LogP contribution is 2.24. The molecule has 35 heavy (non-hydrogen) atoms. The minimum absolute atomic E-state index is 0. The molecule has 1 heterocycles. The van der Waals surface area contributed by atoms with Crippen LogP contribution < -0.4 is 20.7 Å². The molecule has 0 spiro atoms. The Bertz CT molecular complexity index is 1280. The smallest absolute Gasteiger partial charge is 0.247 e. The van der Waals surface area contributed by atoms with E-state index in [9.17, 15) is 17.6 Å². The average Bonchev–Trinajstić information content (AvgIpc) is 2.79. The summed E-state index contributed by atoms with van der Waals surface area (Å²) < 4.78 is 42.3. The third-order valence-electron chi connectivity index (χ3n) is 4.34. The number of rotatable bonds is 11. The van der Waals surface area contributed by atoms with Gasteiger partial charge in [-0.1, -0.05) is 26.1 Å². The van der Waals surface area contributed by atoms with Crippen LogP contribution in [0.1, 0.15) is 13.8 Å². The van der Waals surface area contributed by atoms with Crippen LogP contribution in [-0.2, 0) is 14.6 Å². The predicted molar refractivity (Wildman–Crippen MR) is 137 cm³/mol. The fraction of sp³-hybridized carbons (Fsp3) is 0.208. The van der Waals surface area contributed by atoms with Gasteiger partial charge in [-0.05, 0) is 42.8 Å². The van der Waals surface area contributed by atoms with Crippen LogP contribution in [0.15, 0.2) is 67.4 Å². The second-order valence-electron chi connectivity index (χ2n) is 7.27. The van der Waals surface area contributed by atoms with E-state index in [1.165, 1.54) is 6.26 Å². The van der Waals surface area contributed by atoms with Crippen LogP contribution in [0, 0.1) is 5.82 Å². The van der Waals surface area contributed by atoms with Crippen LogP contribution in [0.3, 0.4) is 0 Å². The highest BCUT2D eigenvalue weighted by atomic mass is 32.2. The topological polar surface area (TPSA) is 122 Å². The van der Waals surface area contributed by atoms with Gasteiger partial charge >= 0.3 is 0 Å². The number of ether oxygens (including phenoxy) is 1. The Morgan fingerprint density at radius 2 is 1.80 bits per heavy atom. The molecule has 0 fully saturated rings. The number of hydrogen-bond donors (Lipinski definition) is 3. The summed E-state index contributed by atoms with van der Waals surface area (Å²) in [5.41, 5.74) is 1.62. The first kappa shape index (κ1) is 27.3. The van der Waals surface area contributed by atoms with Crippen LogP contribution in [-0.4, -0.2) is 42.9 Å². The molecule has 1 aromatic heterocycles. The number of anilines is 5. The minimum atomic E-state index is -3.03. The fourth-order valence-corrected chi connectivity index (χ4v) is 3.47. The molecular weight excluding hydrogens is 473 g/mol. The van der Waals surface area contributed by atoms with Gasteiger partial charge in [0.25, 0.3) is 0 Å². The number of carbonyl (C=O) groups is 1. The number of sulfone groups is 1. The molecule has 0 saturated heterocycles. The maximum atomic E-state index is 14.3. The Labute approximate surface area is 204 Å². The van der Waals surface area contributed by atoms with E-state index in [4.69, 9.17) is 4.74 Å². The largest absolute Gasteiger partial charge is 0.493 e. The number of carbonyl (C=O) groups excluding carboxylic acids is 1. The number of nitrogens with zero attached hydrogens (tertiary/aromatic N) is 2. The van der Waals surface area contributed by atoms with Crippen molar-refractivity contribution in [3.8, 4) is 5.75 Å². The number of halogens is 1. The van der Waals surface area contributed by atoms with Crippen molar-refractivity contribution in [2.75, 3.05) is 34.6 Å². The molecule has 0 aliphatic heterocycles. The molecule has 0 aliphatic rings. The molecule has 0 radical (unpaired) electrons. The summed E-state index contributed by atoms with van der Waals surface area (Å²) >= 11 is 0. The van der Waals surface area contributed by atoms with E-state index < -0.39 is 15.7 Å². The van der Waals surface area contributed by atoms with Crippen molar-refractivity contribution in [2.24, 2.45) is 0 Å². The van der Waals surface area contributed by atoms with E-state index in [1.807, 2.05) is 0 Å². The molecule has 0 atom stereocenters. The van der Waals surface area contributed by atoms with Gasteiger partial charge in [0.05, 0.1) is 18.6 Å². The van der Waals surface area contributed by atoms with E-state index in [2.05, 4.69) is 32.5 Å². The zero-order valence-corrected chi connectivity index (χ0v) is 19.2. The normalized spacial score (nSPS) is 10.6. The summed E-state index contributed by atoms with van der Waals surface area (Å²) in [5, 5.41) is 8.49. The molecule has 9 nitrogen and oxygen atoms in total. The summed E-state index contributed by atoms with van der Waals surface area (Å²) in [6.07, 6.45) is 3.75. The van der Waals surface area contributed by atoms with Gasteiger partial charge in [0.15, 0.2) is 11.6 Å². The summed E-state index contributed by atoms with van der Waals surface area (Å²) in [4.78, 5) is 19.6. The molecule has 3 N–H and O–H groups in total. The molecule has 3 rings (SSSR count). The van der Waals surface area contributed by atoms with E-state index in [-0.39, 0.29) is 37.5 Å². The molecule has 0 bridgehead atoms. The number of hydrogen-bond acceptors (Lipinski definition) is 8. The number of nitrogens with one attached hydrogen (secondary N) is 3. The van der Waals surface area contributed by atoms with Gasteiger partial charge in [-0.15, -0.1) is 0 Å². The highest BCUT2D eigenvalue weighted by molar-refractivity contribution is 7.90. The van der Waals surface area contributed by atoms with E-state index in [0.29, 0.717) is 29.2 Å². The molecule has 1 amide bonds. The van der Waals surface area contributed by atoms with Crippen molar-refractivity contribution >= 4 is 44.6 Å². The quantitative estimate of drug-likeness (QED) is 0.256. The predicted octanol–water partition coefficient (Wildman–Crippen LogP) is 4.68. The minimum Gasteiger partial charge on any atom is -0.493 e. The summed E-state index contributed by atoms with van der Waals surface area (Å²) in [5.74, 6) is -0.342. The van der Waals surface area contributed by atoms with Crippen molar-refractivity contribution in [3.05, 3.63) is 73.2 Å². The molecular formula is C24H28FN5O4S. The third kappa shape index (κ3) is 9.05. The molecule has 2 aromatic carbocycles. The summed E-state index contributed by atoms with van der Waals surface area (Å²) in [6, 6.07) is 13.7. The van der Waals surface area contributed by atoms with Crippen LogP contribution in [0.5, 0.6) is 5.75 Å². The van der Waals surface area contributed by atoms with Gasteiger partial charge in [0, 0.05) is 29.4 Å². The molecule has 0 saturated carbocycles. The van der Waals surface area contributed by atoms with Gasteiger partial charge in [-0.2, -0.15) is 4.98 Å². The number of aromatic nitrogens is 2. The van der Waals surface area contributed by atoms with Crippen LogP contribution in [0.25, 0.3) is 0 Å². The standard InChI is InChI=1S/C23H24FN5O4S.CH4/c1-3-21(30)26-16-7-4-8-17(13-16)27-22-20(24)15-25-23(29-22)28-18-9-5-10-19(14-18)33-11-6-12-34(2,31)32;/h3-5,7-10,13-15H,1,6,11-12H2,2H3,(H,26,30)(H2,25,27,28,29);1H4. The Hall–Kier alpha value is -3.99. The van der Waals surface area contributed by atoms with Crippen LogP contribution in [0.4, 0.5) is 33.2 Å². The van der Waals surface area contributed by atoms with Gasteiger partial charge in [-0.25, -0.2) is 17.8 Å². The number of benzene rings is 2. The molecule has 0 unspecified atom stereocenters. The Morgan fingerprint density at radius 1 is 1.11 bits per heavy atom. The fourth-order valence-electron chi connectivity index (χ4n) is 2.82. The second kappa shape index (κ2) is 12.5. The zero-order valence-electron chi connectivity index (χ0n) is 18.4. The Morgan fingerprint density at radius 3 is 2.51 bits per heavy atom. The van der Waals surface area contributed by atoms with Crippen molar-refractivity contribution in [1.82, 2.24) is 9.97 Å². The van der Waals surface area contributed by atoms with Crippen molar-refractivity contribution < 1.29 is 22.3 Å². The molecule has 186 valence electrons. The van der Waals surface area contributed by atoms with Crippen molar-refractivity contribution in [3.63, 3.8) is 0 Å². The molecule has 11 heteroatoms. The second-order valence-corrected chi connectivity index (χ2v) is 9.53. The van der Waals surface area contributed by atoms with E-state index in [0.717, 1.165) is 12.3 Å². The maximum Gasteiger partial charge on any atom is 0.247 e. The summed E-state index contributed by atoms with van der Waals surface area (Å²) in [7, 11) is -3.03.